The lowest BCUT2D eigenvalue weighted by Gasteiger charge is -2.32. The number of sulfone groups is 1. The fourth-order valence-electron chi connectivity index (χ4n) is 2.54. The van der Waals surface area contributed by atoms with Gasteiger partial charge in [-0.1, -0.05) is 30.3 Å². The van der Waals surface area contributed by atoms with Gasteiger partial charge in [-0.15, -0.1) is 0 Å². The highest BCUT2D eigenvalue weighted by Crippen LogP contribution is 2.31. The Kier molecular flexibility index (Phi) is 3.62. The smallest absolute Gasteiger partial charge is 0.209 e. The molecule has 1 aliphatic rings. The zero-order valence-corrected chi connectivity index (χ0v) is 13.5. The van der Waals surface area contributed by atoms with Crippen LogP contribution < -0.4 is 16.8 Å². The molecule has 1 aliphatic heterocycles. The van der Waals surface area contributed by atoms with E-state index in [9.17, 15) is 8.42 Å². The summed E-state index contributed by atoms with van der Waals surface area (Å²) < 4.78 is 22.7. The second-order valence-corrected chi connectivity index (χ2v) is 7.87. The minimum atomic E-state index is -3.07. The van der Waals surface area contributed by atoms with E-state index in [4.69, 9.17) is 11.5 Å². The zero-order valence-electron chi connectivity index (χ0n) is 12.7. The van der Waals surface area contributed by atoms with Crippen molar-refractivity contribution < 1.29 is 8.42 Å². The number of benzene rings is 2. The molecular formula is C16H18N4O2S. The van der Waals surface area contributed by atoms with Gasteiger partial charge in [0, 0.05) is 35.0 Å². The summed E-state index contributed by atoms with van der Waals surface area (Å²) in [7, 11) is -3.07. The molecule has 0 bridgehead atoms. The van der Waals surface area contributed by atoms with E-state index in [1.165, 1.54) is 6.26 Å². The van der Waals surface area contributed by atoms with E-state index in [1.54, 1.807) is 36.5 Å². The summed E-state index contributed by atoms with van der Waals surface area (Å²) in [5.74, 6) is -1.11. The van der Waals surface area contributed by atoms with Crippen molar-refractivity contribution in [2.24, 2.45) is 10.7 Å². The zero-order chi connectivity index (χ0) is 16.7. The van der Waals surface area contributed by atoms with Gasteiger partial charge < -0.3 is 11.1 Å². The quantitative estimate of drug-likeness (QED) is 0.737. The molecular weight excluding hydrogens is 312 g/mol. The highest BCUT2D eigenvalue weighted by Gasteiger charge is 2.29. The molecule has 23 heavy (non-hydrogen) atoms. The van der Waals surface area contributed by atoms with Gasteiger partial charge in [0.2, 0.25) is 5.79 Å². The molecule has 1 unspecified atom stereocenters. The van der Waals surface area contributed by atoms with E-state index in [1.807, 2.05) is 12.1 Å². The van der Waals surface area contributed by atoms with E-state index in [2.05, 4.69) is 10.3 Å². The molecule has 0 aromatic heterocycles. The number of anilines is 2. The van der Waals surface area contributed by atoms with Crippen LogP contribution in [0.15, 0.2) is 47.5 Å². The Morgan fingerprint density at radius 1 is 1.17 bits per heavy atom. The number of aliphatic imine (C=N–C) groups is 1. The Bertz CT molecular complexity index is 875. The summed E-state index contributed by atoms with van der Waals surface area (Å²) >= 11 is 0. The molecule has 1 atom stereocenters. The fraction of sp³-hybridized carbons (Fsp3) is 0.188. The molecule has 0 aliphatic carbocycles. The van der Waals surface area contributed by atoms with Crippen molar-refractivity contribution in [1.29, 1.82) is 0 Å². The van der Waals surface area contributed by atoms with Crippen LogP contribution in [-0.4, -0.2) is 20.9 Å². The lowest BCUT2D eigenvalue weighted by Crippen LogP contribution is -2.44. The first kappa shape index (κ1) is 15.5. The second kappa shape index (κ2) is 5.36. The maximum atomic E-state index is 11.3. The van der Waals surface area contributed by atoms with Gasteiger partial charge in [-0.3, -0.25) is 5.73 Å². The Morgan fingerprint density at radius 2 is 1.87 bits per heavy atom. The Labute approximate surface area is 135 Å². The van der Waals surface area contributed by atoms with Crippen LogP contribution in [-0.2, 0) is 21.4 Å². The van der Waals surface area contributed by atoms with Gasteiger partial charge in [0.15, 0.2) is 9.84 Å². The standard InChI is InChI=1S/C16H18N4O2S/c1-23(21,22)10-11-5-7-12(8-6-11)16(18)19-9-13-14(17)3-2-4-15(13)20-16/h2-9,20H,10,17-18H2,1H3. The topological polar surface area (TPSA) is 111 Å². The SMILES string of the molecule is CS(=O)(=O)Cc1ccc(C2(N)N=Cc3c(N)cccc3N2)cc1. The monoisotopic (exact) mass is 330 g/mol. The van der Waals surface area contributed by atoms with Gasteiger partial charge in [-0.2, -0.15) is 0 Å². The molecule has 0 fully saturated rings. The summed E-state index contributed by atoms with van der Waals surface area (Å²) in [5, 5.41) is 3.18. The van der Waals surface area contributed by atoms with E-state index in [0.29, 0.717) is 11.3 Å². The first-order valence-corrected chi connectivity index (χ1v) is 9.11. The van der Waals surface area contributed by atoms with Crippen molar-refractivity contribution in [3.05, 3.63) is 59.2 Å². The molecule has 2 aromatic rings. The van der Waals surface area contributed by atoms with E-state index in [-0.39, 0.29) is 5.75 Å². The second-order valence-electron chi connectivity index (χ2n) is 5.73. The van der Waals surface area contributed by atoms with E-state index < -0.39 is 15.6 Å². The minimum absolute atomic E-state index is 0.000908. The first-order chi connectivity index (χ1) is 10.8. The van der Waals surface area contributed by atoms with Crippen LogP contribution in [0.5, 0.6) is 0 Å². The average Bonchev–Trinajstić information content (AvgIpc) is 2.46. The van der Waals surface area contributed by atoms with E-state index in [0.717, 1.165) is 16.8 Å². The summed E-state index contributed by atoms with van der Waals surface area (Å²) in [6, 6.07) is 12.6. The lowest BCUT2D eigenvalue weighted by atomic mass is 10.0. The molecule has 2 aromatic carbocycles. The maximum absolute atomic E-state index is 11.3. The van der Waals surface area contributed by atoms with Gasteiger partial charge in [-0.25, -0.2) is 13.4 Å². The number of nitrogens with zero attached hydrogens (tertiary/aromatic N) is 1. The number of rotatable bonds is 3. The van der Waals surface area contributed by atoms with E-state index >= 15 is 0 Å². The van der Waals surface area contributed by atoms with Gasteiger partial charge in [0.25, 0.3) is 0 Å². The van der Waals surface area contributed by atoms with Crippen molar-refractivity contribution in [2.75, 3.05) is 17.3 Å². The van der Waals surface area contributed by atoms with Crippen molar-refractivity contribution in [2.45, 2.75) is 11.5 Å². The van der Waals surface area contributed by atoms with Crippen LogP contribution in [0.1, 0.15) is 16.7 Å². The largest absolute Gasteiger partial charge is 0.398 e. The molecule has 0 spiro atoms. The third kappa shape index (κ3) is 3.20. The van der Waals surface area contributed by atoms with Crippen LogP contribution >= 0.6 is 0 Å². The average molecular weight is 330 g/mol. The predicted octanol–water partition coefficient (Wildman–Crippen LogP) is 1.43. The summed E-state index contributed by atoms with van der Waals surface area (Å²) in [4.78, 5) is 4.38. The lowest BCUT2D eigenvalue weighted by molar-refractivity contribution is 0.541. The Morgan fingerprint density at radius 3 is 2.52 bits per heavy atom. The maximum Gasteiger partial charge on any atom is 0.209 e. The van der Waals surface area contributed by atoms with Crippen molar-refractivity contribution in [3.63, 3.8) is 0 Å². The van der Waals surface area contributed by atoms with Gasteiger partial charge in [0.1, 0.15) is 0 Å². The van der Waals surface area contributed by atoms with Crippen LogP contribution in [0, 0.1) is 0 Å². The van der Waals surface area contributed by atoms with Gasteiger partial charge in [-0.05, 0) is 17.7 Å². The molecule has 0 saturated heterocycles. The third-order valence-corrected chi connectivity index (χ3v) is 4.54. The van der Waals surface area contributed by atoms with Crippen LogP contribution in [0.3, 0.4) is 0 Å². The third-order valence-electron chi connectivity index (χ3n) is 3.69. The number of hydrogen-bond donors (Lipinski definition) is 3. The number of fused-ring (bicyclic) bond motifs is 1. The molecule has 6 nitrogen and oxygen atoms in total. The highest BCUT2D eigenvalue weighted by molar-refractivity contribution is 7.89. The van der Waals surface area contributed by atoms with Gasteiger partial charge in [0.05, 0.1) is 5.75 Å². The number of hydrogen-bond acceptors (Lipinski definition) is 6. The molecule has 0 amide bonds. The number of nitrogens with one attached hydrogen (secondary N) is 1. The first-order valence-electron chi connectivity index (χ1n) is 7.05. The molecule has 7 heteroatoms. The normalized spacial score (nSPS) is 19.9. The molecule has 1 heterocycles. The fourth-order valence-corrected chi connectivity index (χ4v) is 3.34. The predicted molar refractivity (Wildman–Crippen MR) is 92.9 cm³/mol. The molecule has 120 valence electrons. The number of nitrogens with two attached hydrogens (primary N) is 2. The van der Waals surface area contributed by atoms with Gasteiger partial charge >= 0.3 is 0 Å². The summed E-state index contributed by atoms with van der Waals surface area (Å²) in [5.41, 5.74) is 16.0. The number of nitrogen functional groups attached to an aromatic ring is 1. The van der Waals surface area contributed by atoms with Crippen LogP contribution in [0.25, 0.3) is 0 Å². The van der Waals surface area contributed by atoms with Crippen LogP contribution in [0.4, 0.5) is 11.4 Å². The summed E-state index contributed by atoms with van der Waals surface area (Å²) in [6.45, 7) is 0. The van der Waals surface area contributed by atoms with Crippen LogP contribution in [0.2, 0.25) is 0 Å². The minimum Gasteiger partial charge on any atom is -0.398 e. The van der Waals surface area contributed by atoms with Crippen molar-refractivity contribution >= 4 is 27.4 Å². The van der Waals surface area contributed by atoms with Crippen molar-refractivity contribution in [1.82, 2.24) is 0 Å². The van der Waals surface area contributed by atoms with Crippen molar-refractivity contribution in [3.8, 4) is 0 Å². The molecule has 5 N–H and O–H groups in total. The highest BCUT2D eigenvalue weighted by atomic mass is 32.2. The Hall–Kier alpha value is -2.38. The molecule has 0 radical (unpaired) electrons. The molecule has 0 saturated carbocycles. The Balaban J connectivity index is 1.91. The summed E-state index contributed by atoms with van der Waals surface area (Å²) in [6.07, 6.45) is 2.87. The molecule has 3 rings (SSSR count).